The molecule has 4 rings (SSSR count). The highest BCUT2D eigenvalue weighted by Crippen LogP contribution is 2.43. The van der Waals surface area contributed by atoms with Crippen LogP contribution in [0.4, 0.5) is 5.69 Å². The number of nitriles is 2. The maximum Gasteiger partial charge on any atom is 0.128 e. The van der Waals surface area contributed by atoms with Crippen molar-refractivity contribution in [3.63, 3.8) is 0 Å². The van der Waals surface area contributed by atoms with Gasteiger partial charge < -0.3 is 14.4 Å². The first kappa shape index (κ1) is 30.5. The Labute approximate surface area is 253 Å². The predicted molar refractivity (Wildman–Crippen MR) is 164 cm³/mol. The molecule has 3 aromatic carbocycles. The summed E-state index contributed by atoms with van der Waals surface area (Å²) >= 11 is 12.1. The van der Waals surface area contributed by atoms with Crippen LogP contribution in [-0.4, -0.2) is 62.0 Å². The molecule has 1 heterocycles. The van der Waals surface area contributed by atoms with Crippen molar-refractivity contribution in [2.24, 2.45) is 0 Å². The molecule has 0 radical (unpaired) electrons. The van der Waals surface area contributed by atoms with Crippen molar-refractivity contribution >= 4 is 28.9 Å². The number of benzene rings is 3. The van der Waals surface area contributed by atoms with Gasteiger partial charge in [0.1, 0.15) is 23.6 Å². The van der Waals surface area contributed by atoms with E-state index in [9.17, 15) is 10.5 Å². The summed E-state index contributed by atoms with van der Waals surface area (Å²) in [5, 5.41) is 21.1. The SMILES string of the molecule is COc1ccccc1[C@@H](C#N)N1CCCN([C@@H](C#N)c2ccccc2OC)C1c1ccc(N(CCCl)CCCl)cc1. The second kappa shape index (κ2) is 15.0. The fourth-order valence-electron chi connectivity index (χ4n) is 5.66. The van der Waals surface area contributed by atoms with Crippen LogP contribution in [0.15, 0.2) is 72.8 Å². The quantitative estimate of drug-likeness (QED) is 0.222. The highest BCUT2D eigenvalue weighted by molar-refractivity contribution is 6.18. The maximum atomic E-state index is 10.6. The zero-order valence-corrected chi connectivity index (χ0v) is 24.9. The van der Waals surface area contributed by atoms with Gasteiger partial charge in [0.05, 0.1) is 32.5 Å². The van der Waals surface area contributed by atoms with Crippen LogP contribution >= 0.6 is 23.2 Å². The first-order valence-electron chi connectivity index (χ1n) is 13.6. The Bertz CT molecular complexity index is 1280. The highest BCUT2D eigenvalue weighted by atomic mass is 35.5. The Morgan fingerprint density at radius 1 is 0.780 bits per heavy atom. The topological polar surface area (TPSA) is 75.8 Å². The molecule has 1 aliphatic rings. The number of methoxy groups -OCH3 is 2. The monoisotopic (exact) mass is 591 g/mol. The molecule has 0 N–H and O–H groups in total. The molecule has 1 saturated heterocycles. The molecule has 0 bridgehead atoms. The summed E-state index contributed by atoms with van der Waals surface area (Å²) < 4.78 is 11.3. The summed E-state index contributed by atoms with van der Waals surface area (Å²) in [7, 11) is 3.24. The molecule has 3 atom stereocenters. The average molecular weight is 593 g/mol. The number of nitrogens with zero attached hydrogens (tertiary/aromatic N) is 5. The summed E-state index contributed by atoms with van der Waals surface area (Å²) in [6.07, 6.45) is 0.422. The average Bonchev–Trinajstić information content (AvgIpc) is 3.02. The number of ether oxygens (including phenoxy) is 2. The van der Waals surface area contributed by atoms with E-state index in [-0.39, 0.29) is 6.17 Å². The van der Waals surface area contributed by atoms with Crippen molar-refractivity contribution in [1.29, 1.82) is 10.5 Å². The van der Waals surface area contributed by atoms with Gasteiger partial charge in [0.2, 0.25) is 0 Å². The molecule has 41 heavy (non-hydrogen) atoms. The lowest BCUT2D eigenvalue weighted by molar-refractivity contribution is -0.0293. The first-order valence-corrected chi connectivity index (χ1v) is 14.7. The van der Waals surface area contributed by atoms with Gasteiger partial charge in [-0.25, -0.2) is 0 Å². The molecular formula is C32H35Cl2N5O2. The van der Waals surface area contributed by atoms with E-state index in [1.54, 1.807) is 14.2 Å². The minimum absolute atomic E-state index is 0.364. The number of hydrogen-bond acceptors (Lipinski definition) is 7. The maximum absolute atomic E-state index is 10.6. The van der Waals surface area contributed by atoms with Crippen molar-refractivity contribution < 1.29 is 9.47 Å². The summed E-state index contributed by atoms with van der Waals surface area (Å²) in [4.78, 5) is 6.50. The second-order valence-corrected chi connectivity index (χ2v) is 10.5. The van der Waals surface area contributed by atoms with Crippen molar-refractivity contribution in [2.45, 2.75) is 24.7 Å². The van der Waals surface area contributed by atoms with E-state index >= 15 is 0 Å². The normalized spacial score (nSPS) is 17.2. The molecule has 3 aromatic rings. The van der Waals surface area contributed by atoms with E-state index in [4.69, 9.17) is 32.7 Å². The van der Waals surface area contributed by atoms with Crippen LogP contribution in [0.3, 0.4) is 0 Å². The standard InChI is InChI=1S/C32H35Cl2N5O2/c1-40-30-10-5-3-8-26(30)28(22-35)38-18-7-19-39(29(23-36)27-9-4-6-11-31(27)41-2)32(38)24-12-14-25(15-13-24)37(20-16-33)21-17-34/h3-6,8-15,28-29,32H,7,16-21H2,1-2H3/t28-,29+,32?. The number of halogens is 2. The zero-order valence-electron chi connectivity index (χ0n) is 23.4. The van der Waals surface area contributed by atoms with Crippen LogP contribution in [0.5, 0.6) is 11.5 Å². The van der Waals surface area contributed by atoms with Gasteiger partial charge in [-0.3, -0.25) is 9.80 Å². The van der Waals surface area contributed by atoms with E-state index in [0.717, 1.165) is 28.8 Å². The molecule has 214 valence electrons. The molecule has 0 aromatic heterocycles. The fourth-order valence-corrected chi connectivity index (χ4v) is 6.06. The van der Waals surface area contributed by atoms with Gasteiger partial charge in [0.25, 0.3) is 0 Å². The summed E-state index contributed by atoms with van der Waals surface area (Å²) in [5.41, 5.74) is 3.59. The molecule has 1 fully saturated rings. The minimum atomic E-state index is -0.598. The van der Waals surface area contributed by atoms with Gasteiger partial charge in [-0.05, 0) is 36.2 Å². The summed E-state index contributed by atoms with van der Waals surface area (Å²) in [5.74, 6) is 2.30. The van der Waals surface area contributed by atoms with Gasteiger partial charge in [-0.2, -0.15) is 10.5 Å². The predicted octanol–water partition coefficient (Wildman–Crippen LogP) is 6.52. The minimum Gasteiger partial charge on any atom is -0.496 e. The van der Waals surface area contributed by atoms with Gasteiger partial charge >= 0.3 is 0 Å². The lowest BCUT2D eigenvalue weighted by Gasteiger charge is -2.47. The molecule has 0 amide bonds. The third kappa shape index (κ3) is 6.72. The number of anilines is 1. The fraction of sp³-hybridized carbons (Fsp3) is 0.375. The van der Waals surface area contributed by atoms with E-state index in [0.29, 0.717) is 49.4 Å². The van der Waals surface area contributed by atoms with Crippen molar-refractivity contribution in [3.05, 3.63) is 89.5 Å². The summed E-state index contributed by atoms with van der Waals surface area (Å²) in [6, 6.07) is 27.4. The van der Waals surface area contributed by atoms with Crippen LogP contribution in [-0.2, 0) is 0 Å². The van der Waals surface area contributed by atoms with Crippen LogP contribution in [0, 0.1) is 22.7 Å². The smallest absolute Gasteiger partial charge is 0.128 e. The van der Waals surface area contributed by atoms with Crippen LogP contribution in [0.1, 0.15) is 41.4 Å². The lowest BCUT2D eigenvalue weighted by Crippen LogP contribution is -2.50. The number of hydrogen-bond donors (Lipinski definition) is 0. The highest BCUT2D eigenvalue weighted by Gasteiger charge is 2.41. The molecule has 1 aliphatic heterocycles. The first-order chi connectivity index (χ1) is 20.1. The van der Waals surface area contributed by atoms with Gasteiger partial charge in [-0.1, -0.05) is 48.5 Å². The van der Waals surface area contributed by atoms with Gasteiger partial charge in [-0.15, -0.1) is 23.2 Å². The van der Waals surface area contributed by atoms with E-state index in [2.05, 4.69) is 51.1 Å². The Kier molecular flexibility index (Phi) is 11.1. The Hall–Kier alpha value is -3.46. The zero-order chi connectivity index (χ0) is 29.2. The molecular weight excluding hydrogens is 557 g/mol. The van der Waals surface area contributed by atoms with Crippen molar-refractivity contribution in [2.75, 3.05) is 57.1 Å². The third-order valence-electron chi connectivity index (χ3n) is 7.50. The van der Waals surface area contributed by atoms with Gasteiger partial charge in [0.15, 0.2) is 0 Å². The largest absolute Gasteiger partial charge is 0.496 e. The van der Waals surface area contributed by atoms with Crippen LogP contribution < -0.4 is 14.4 Å². The molecule has 7 nitrogen and oxygen atoms in total. The second-order valence-electron chi connectivity index (χ2n) is 9.71. The lowest BCUT2D eigenvalue weighted by atomic mass is 9.96. The Balaban J connectivity index is 1.83. The molecule has 9 heteroatoms. The van der Waals surface area contributed by atoms with Crippen LogP contribution in [0.25, 0.3) is 0 Å². The molecule has 0 saturated carbocycles. The molecule has 1 unspecified atom stereocenters. The van der Waals surface area contributed by atoms with Crippen molar-refractivity contribution in [1.82, 2.24) is 9.80 Å². The Morgan fingerprint density at radius 3 is 1.66 bits per heavy atom. The number of para-hydroxylation sites is 2. The number of rotatable bonds is 12. The summed E-state index contributed by atoms with van der Waals surface area (Å²) in [6.45, 7) is 2.72. The van der Waals surface area contributed by atoms with Crippen LogP contribution in [0.2, 0.25) is 0 Å². The van der Waals surface area contributed by atoms with Gasteiger partial charge in [0, 0.05) is 54.8 Å². The van der Waals surface area contributed by atoms with E-state index < -0.39 is 12.1 Å². The van der Waals surface area contributed by atoms with E-state index in [1.165, 1.54) is 0 Å². The third-order valence-corrected chi connectivity index (χ3v) is 7.84. The van der Waals surface area contributed by atoms with Crippen molar-refractivity contribution in [3.8, 4) is 23.6 Å². The number of alkyl halides is 2. The molecule has 0 aliphatic carbocycles. The molecule has 0 spiro atoms. The van der Waals surface area contributed by atoms with E-state index in [1.807, 2.05) is 48.5 Å². The Morgan fingerprint density at radius 2 is 1.24 bits per heavy atom.